The van der Waals surface area contributed by atoms with Gasteiger partial charge in [-0.3, -0.25) is 18.8 Å². The highest BCUT2D eigenvalue weighted by Crippen LogP contribution is 2.15. The average Bonchev–Trinajstić information content (AvgIpc) is 3.26. The van der Waals surface area contributed by atoms with Gasteiger partial charge in [-0.05, 0) is 45.9 Å². The molecular formula is C26H38N6O5S. The van der Waals surface area contributed by atoms with Gasteiger partial charge in [0.05, 0.1) is 29.6 Å². The lowest BCUT2D eigenvalue weighted by Crippen LogP contribution is -2.49. The summed E-state index contributed by atoms with van der Waals surface area (Å²) in [5.74, 6) is 0.123. The number of aryl methyl sites for hydroxylation is 1. The summed E-state index contributed by atoms with van der Waals surface area (Å²) in [6.07, 6.45) is 1.36. The second-order valence-electron chi connectivity index (χ2n) is 10.5. The van der Waals surface area contributed by atoms with Crippen LogP contribution in [0, 0.1) is 6.92 Å². The Bertz CT molecular complexity index is 1480. The van der Waals surface area contributed by atoms with Crippen LogP contribution >= 0.6 is 0 Å². The van der Waals surface area contributed by atoms with E-state index in [1.807, 2.05) is 32.9 Å². The molecule has 1 atom stereocenters. The van der Waals surface area contributed by atoms with Gasteiger partial charge >= 0.3 is 5.69 Å². The van der Waals surface area contributed by atoms with E-state index in [0.29, 0.717) is 35.6 Å². The largest absolute Gasteiger partial charge is 0.390 e. The van der Waals surface area contributed by atoms with E-state index in [2.05, 4.69) is 14.8 Å². The molecule has 0 spiro atoms. The molecule has 208 valence electrons. The number of imidazole rings is 1. The van der Waals surface area contributed by atoms with Crippen molar-refractivity contribution in [2.45, 2.75) is 50.8 Å². The van der Waals surface area contributed by atoms with Gasteiger partial charge < -0.3 is 14.6 Å². The van der Waals surface area contributed by atoms with Crippen molar-refractivity contribution in [2.24, 2.45) is 7.05 Å². The minimum Gasteiger partial charge on any atom is -0.390 e. The molecule has 1 aliphatic rings. The van der Waals surface area contributed by atoms with E-state index < -0.39 is 27.2 Å². The number of hydrogen-bond donors (Lipinski definition) is 1. The maximum absolute atomic E-state index is 12.8. The highest BCUT2D eigenvalue weighted by Gasteiger charge is 2.23. The van der Waals surface area contributed by atoms with E-state index in [9.17, 15) is 23.1 Å². The lowest BCUT2D eigenvalue weighted by atomic mass is 10.2. The average molecular weight is 547 g/mol. The van der Waals surface area contributed by atoms with Crippen LogP contribution in [0.15, 0.2) is 45.1 Å². The summed E-state index contributed by atoms with van der Waals surface area (Å²) in [5, 5.41) is 10.8. The van der Waals surface area contributed by atoms with Gasteiger partial charge in [0.2, 0.25) is 0 Å². The Hall–Kier alpha value is -2.80. The highest BCUT2D eigenvalue weighted by molar-refractivity contribution is 7.91. The van der Waals surface area contributed by atoms with Crippen molar-refractivity contribution < 1.29 is 13.5 Å². The van der Waals surface area contributed by atoms with Crippen LogP contribution < -0.4 is 11.2 Å². The van der Waals surface area contributed by atoms with Crippen molar-refractivity contribution >= 4 is 21.0 Å². The number of benzene rings is 1. The molecule has 38 heavy (non-hydrogen) atoms. The van der Waals surface area contributed by atoms with Crippen LogP contribution in [0.4, 0.5) is 0 Å². The molecule has 1 N–H and O–H groups in total. The van der Waals surface area contributed by atoms with Crippen molar-refractivity contribution in [3.8, 4) is 0 Å². The van der Waals surface area contributed by atoms with Crippen LogP contribution in [-0.2, 0) is 23.4 Å². The zero-order valence-corrected chi connectivity index (χ0v) is 23.4. The van der Waals surface area contributed by atoms with E-state index in [0.717, 1.165) is 36.3 Å². The van der Waals surface area contributed by atoms with E-state index >= 15 is 0 Å². The van der Waals surface area contributed by atoms with Gasteiger partial charge in [0.15, 0.2) is 21.0 Å². The fraction of sp³-hybridized carbons (Fsp3) is 0.577. The smallest absolute Gasteiger partial charge is 0.332 e. The summed E-state index contributed by atoms with van der Waals surface area (Å²) in [7, 11) is -1.83. The maximum atomic E-state index is 12.8. The highest BCUT2D eigenvalue weighted by atomic mass is 32.2. The summed E-state index contributed by atoms with van der Waals surface area (Å²) >= 11 is 0. The zero-order chi connectivity index (χ0) is 27.6. The van der Waals surface area contributed by atoms with Gasteiger partial charge in [-0.25, -0.2) is 18.2 Å². The molecule has 1 aromatic carbocycles. The van der Waals surface area contributed by atoms with Gasteiger partial charge in [0.25, 0.3) is 5.56 Å². The predicted octanol–water partition coefficient (Wildman–Crippen LogP) is 0.629. The molecule has 0 aliphatic carbocycles. The maximum Gasteiger partial charge on any atom is 0.332 e. The topological polar surface area (TPSA) is 123 Å². The quantitative estimate of drug-likeness (QED) is 0.393. The first-order chi connectivity index (χ1) is 18.0. The Balaban J connectivity index is 1.28. The van der Waals surface area contributed by atoms with Crippen LogP contribution in [0.5, 0.6) is 0 Å². The Labute approximate surface area is 222 Å². The van der Waals surface area contributed by atoms with Gasteiger partial charge in [-0.15, -0.1) is 0 Å². The fourth-order valence-corrected chi connectivity index (χ4v) is 6.28. The van der Waals surface area contributed by atoms with E-state index in [1.54, 1.807) is 16.7 Å². The molecule has 3 aromatic rings. The van der Waals surface area contributed by atoms with Crippen LogP contribution in [0.1, 0.15) is 31.9 Å². The molecular weight excluding hydrogens is 508 g/mol. The van der Waals surface area contributed by atoms with Crippen molar-refractivity contribution in [3.05, 3.63) is 57.0 Å². The standard InChI is InChI=1S/C26H38N6O5S/c1-19(2)32-24-23(25(34)28(4)26(32)35)31(18-27-24)17-21(33)16-30-13-11-29(12-14-30)10-5-15-38(36,37)22-8-6-20(3)7-9-22/h6-9,18-19,21,33H,5,10-17H2,1-4H3. The van der Waals surface area contributed by atoms with E-state index in [4.69, 9.17) is 0 Å². The lowest BCUT2D eigenvalue weighted by Gasteiger charge is -2.35. The first-order valence-electron chi connectivity index (χ1n) is 13.1. The van der Waals surface area contributed by atoms with Gasteiger partial charge in [-0.2, -0.15) is 0 Å². The molecule has 11 nitrogen and oxygen atoms in total. The summed E-state index contributed by atoms with van der Waals surface area (Å²) in [4.78, 5) is 34.5. The number of aliphatic hydroxyl groups excluding tert-OH is 1. The number of β-amino-alcohol motifs (C(OH)–C–C–N with tert-alkyl or cyclic N) is 1. The SMILES string of the molecule is Cc1ccc(S(=O)(=O)CCCN2CCN(CC(O)Cn3cnc4c3c(=O)n(C)c(=O)n4C(C)C)CC2)cc1. The molecule has 1 fully saturated rings. The zero-order valence-electron chi connectivity index (χ0n) is 22.6. The number of aliphatic hydroxyl groups is 1. The number of fused-ring (bicyclic) bond motifs is 1. The minimum absolute atomic E-state index is 0.123. The third kappa shape index (κ3) is 6.09. The van der Waals surface area contributed by atoms with Gasteiger partial charge in [0.1, 0.15) is 0 Å². The summed E-state index contributed by atoms with van der Waals surface area (Å²) < 4.78 is 29.4. The number of sulfone groups is 1. The monoisotopic (exact) mass is 546 g/mol. The van der Waals surface area contributed by atoms with Crippen molar-refractivity contribution in [1.82, 2.24) is 28.5 Å². The van der Waals surface area contributed by atoms with Gasteiger partial charge in [0, 0.05) is 45.8 Å². The van der Waals surface area contributed by atoms with Crippen LogP contribution in [0.25, 0.3) is 11.2 Å². The summed E-state index contributed by atoms with van der Waals surface area (Å²) in [5.41, 5.74) is 0.841. The van der Waals surface area contributed by atoms with Crippen LogP contribution in [-0.4, -0.2) is 93.1 Å². The molecule has 0 amide bonds. The summed E-state index contributed by atoms with van der Waals surface area (Å²) in [6, 6.07) is 6.81. The first kappa shape index (κ1) is 28.2. The lowest BCUT2D eigenvalue weighted by molar-refractivity contribution is 0.0650. The van der Waals surface area contributed by atoms with Crippen molar-refractivity contribution in [3.63, 3.8) is 0 Å². The molecule has 0 bridgehead atoms. The molecule has 2 aromatic heterocycles. The number of nitrogens with zero attached hydrogens (tertiary/aromatic N) is 6. The third-order valence-corrected chi connectivity index (χ3v) is 8.99. The Kier molecular flexibility index (Phi) is 8.55. The first-order valence-corrected chi connectivity index (χ1v) is 14.7. The number of aromatic nitrogens is 4. The van der Waals surface area contributed by atoms with E-state index in [-0.39, 0.29) is 18.3 Å². The molecule has 1 saturated heterocycles. The molecule has 4 rings (SSSR count). The predicted molar refractivity (Wildman–Crippen MR) is 146 cm³/mol. The van der Waals surface area contributed by atoms with E-state index in [1.165, 1.54) is 17.9 Å². The molecule has 12 heteroatoms. The normalized spacial score (nSPS) is 16.5. The molecule has 1 aliphatic heterocycles. The Morgan fingerprint density at radius 3 is 2.26 bits per heavy atom. The van der Waals surface area contributed by atoms with Crippen molar-refractivity contribution in [2.75, 3.05) is 45.0 Å². The van der Waals surface area contributed by atoms with Crippen LogP contribution in [0.3, 0.4) is 0 Å². The fourth-order valence-electron chi connectivity index (χ4n) is 4.99. The number of piperazine rings is 1. The molecule has 0 radical (unpaired) electrons. The van der Waals surface area contributed by atoms with Gasteiger partial charge in [-0.1, -0.05) is 17.7 Å². The molecule has 0 saturated carbocycles. The second kappa shape index (κ2) is 11.5. The summed E-state index contributed by atoms with van der Waals surface area (Å²) in [6.45, 7) is 10.1. The third-order valence-electron chi connectivity index (χ3n) is 7.17. The number of rotatable bonds is 10. The van der Waals surface area contributed by atoms with Crippen molar-refractivity contribution in [1.29, 1.82) is 0 Å². The molecule has 3 heterocycles. The Morgan fingerprint density at radius 2 is 1.63 bits per heavy atom. The molecule has 1 unspecified atom stereocenters. The second-order valence-corrected chi connectivity index (χ2v) is 12.6. The number of hydrogen-bond acceptors (Lipinski definition) is 8. The minimum atomic E-state index is -3.28. The van der Waals surface area contributed by atoms with Crippen LogP contribution in [0.2, 0.25) is 0 Å². The Morgan fingerprint density at radius 1 is 1.00 bits per heavy atom.